The molecular weight excluding hydrogens is 387 g/mol. The highest BCUT2D eigenvalue weighted by Gasteiger charge is 2.64. The van der Waals surface area contributed by atoms with Crippen LogP contribution in [-0.2, 0) is 19.4 Å². The Labute approximate surface area is 151 Å². The summed E-state index contributed by atoms with van der Waals surface area (Å²) >= 11 is 0. The first-order chi connectivity index (χ1) is 12.5. The molecule has 3 rings (SSSR count). The van der Waals surface area contributed by atoms with Crippen molar-refractivity contribution in [2.24, 2.45) is 5.92 Å². The van der Waals surface area contributed by atoms with Crippen molar-refractivity contribution in [3.05, 3.63) is 52.2 Å². The summed E-state index contributed by atoms with van der Waals surface area (Å²) in [6.07, 6.45) is 1.19. The summed E-state index contributed by atoms with van der Waals surface area (Å²) in [6, 6.07) is 4.57. The van der Waals surface area contributed by atoms with Gasteiger partial charge in [0.1, 0.15) is 17.7 Å². The number of carbonyl (C=O) groups excluding carboxylic acids is 2. The maximum absolute atomic E-state index is 14.0. The van der Waals surface area contributed by atoms with Gasteiger partial charge in [0, 0.05) is 17.9 Å². The zero-order valence-corrected chi connectivity index (χ0v) is 14.4. The Kier molecular flexibility index (Phi) is 4.23. The van der Waals surface area contributed by atoms with Crippen LogP contribution in [0.4, 0.5) is 13.2 Å². The number of fused-ring (bicyclic) bond motifs is 1. The molecule has 2 aliphatic carbocycles. The summed E-state index contributed by atoms with van der Waals surface area (Å²) in [4.78, 5) is 23.4. The Balaban J connectivity index is 2.09. The number of alkyl halides is 2. The summed E-state index contributed by atoms with van der Waals surface area (Å²) in [7, 11) is -4.07. The van der Waals surface area contributed by atoms with Gasteiger partial charge in [0.15, 0.2) is 9.84 Å². The van der Waals surface area contributed by atoms with Gasteiger partial charge in [-0.3, -0.25) is 9.59 Å². The molecule has 0 heterocycles. The minimum Gasteiger partial charge on any atom is -0.485 e. The van der Waals surface area contributed by atoms with E-state index in [0.29, 0.717) is 0 Å². The van der Waals surface area contributed by atoms with E-state index in [-0.39, 0.29) is 11.3 Å². The van der Waals surface area contributed by atoms with Gasteiger partial charge in [-0.25, -0.2) is 12.8 Å². The lowest BCUT2D eigenvalue weighted by Gasteiger charge is -2.25. The minimum atomic E-state index is -4.39. The number of allylic oxidation sites excluding steroid dienone is 1. The van der Waals surface area contributed by atoms with Crippen molar-refractivity contribution in [3.8, 4) is 11.8 Å². The van der Waals surface area contributed by atoms with Crippen LogP contribution in [0.15, 0.2) is 40.8 Å². The van der Waals surface area contributed by atoms with Crippen molar-refractivity contribution in [1.82, 2.24) is 0 Å². The molecular formula is C17H10F3NO5S. The number of Topliss-reactive ketones (excluding diaryl/α,β-unsaturated/α-hetero) is 2. The Morgan fingerprint density at radius 2 is 1.89 bits per heavy atom. The van der Waals surface area contributed by atoms with Gasteiger partial charge >= 0.3 is 5.92 Å². The van der Waals surface area contributed by atoms with Crippen LogP contribution in [0.3, 0.4) is 0 Å². The monoisotopic (exact) mass is 397 g/mol. The van der Waals surface area contributed by atoms with Gasteiger partial charge in [-0.1, -0.05) is 0 Å². The first-order valence-electron chi connectivity index (χ1n) is 7.43. The Morgan fingerprint density at radius 3 is 2.48 bits per heavy atom. The predicted molar refractivity (Wildman–Crippen MR) is 85.0 cm³/mol. The molecule has 10 heteroatoms. The standard InChI is InChI=1S/C17H10F3NO5S/c1-27(24,25)12-3-2-11(13-14(12)16(23)17(19,20)15(13)22)26-10-5-8(7-21)4-9(18)6-10/h2-6,11,13H,1H3. The number of hydrogen-bond donors (Lipinski definition) is 0. The highest BCUT2D eigenvalue weighted by Crippen LogP contribution is 2.44. The second-order valence-electron chi connectivity index (χ2n) is 6.02. The van der Waals surface area contributed by atoms with Crippen LogP contribution in [0.5, 0.6) is 5.75 Å². The smallest absolute Gasteiger partial charge is 0.367 e. The van der Waals surface area contributed by atoms with Crippen molar-refractivity contribution < 1.29 is 35.9 Å². The van der Waals surface area contributed by atoms with Crippen LogP contribution in [-0.4, -0.2) is 38.3 Å². The predicted octanol–water partition coefficient (Wildman–Crippen LogP) is 1.72. The van der Waals surface area contributed by atoms with E-state index in [2.05, 4.69) is 0 Å². The number of sulfone groups is 1. The zero-order chi connectivity index (χ0) is 20.1. The number of ether oxygens (including phenoxy) is 1. The summed E-state index contributed by atoms with van der Waals surface area (Å²) in [6.45, 7) is 0. The number of ketones is 2. The summed E-state index contributed by atoms with van der Waals surface area (Å²) < 4.78 is 70.5. The molecule has 140 valence electrons. The molecule has 2 atom stereocenters. The van der Waals surface area contributed by atoms with Gasteiger partial charge in [-0.2, -0.15) is 14.0 Å². The van der Waals surface area contributed by atoms with Crippen LogP contribution < -0.4 is 4.74 Å². The molecule has 27 heavy (non-hydrogen) atoms. The molecule has 0 N–H and O–H groups in total. The molecule has 2 unspecified atom stereocenters. The van der Waals surface area contributed by atoms with Crippen LogP contribution in [0, 0.1) is 23.1 Å². The zero-order valence-electron chi connectivity index (χ0n) is 13.6. The molecule has 0 amide bonds. The van der Waals surface area contributed by atoms with E-state index < -0.39 is 55.6 Å². The van der Waals surface area contributed by atoms with Crippen molar-refractivity contribution >= 4 is 21.4 Å². The maximum Gasteiger partial charge on any atom is 0.367 e. The highest BCUT2D eigenvalue weighted by atomic mass is 32.2. The third-order valence-corrected chi connectivity index (χ3v) is 5.29. The molecule has 6 nitrogen and oxygen atoms in total. The fourth-order valence-electron chi connectivity index (χ4n) is 2.99. The van der Waals surface area contributed by atoms with Gasteiger partial charge in [0.25, 0.3) is 0 Å². The van der Waals surface area contributed by atoms with Gasteiger partial charge in [0.05, 0.1) is 22.5 Å². The van der Waals surface area contributed by atoms with Crippen molar-refractivity contribution in [3.63, 3.8) is 0 Å². The first-order valence-corrected chi connectivity index (χ1v) is 9.32. The number of nitriles is 1. The van der Waals surface area contributed by atoms with E-state index >= 15 is 0 Å². The minimum absolute atomic E-state index is 0.114. The molecule has 0 bridgehead atoms. The molecule has 1 aromatic rings. The molecule has 2 aliphatic rings. The van der Waals surface area contributed by atoms with Crippen LogP contribution in [0.2, 0.25) is 0 Å². The average molecular weight is 397 g/mol. The second-order valence-corrected chi connectivity index (χ2v) is 8.01. The Bertz CT molecular complexity index is 1080. The summed E-state index contributed by atoms with van der Waals surface area (Å²) in [5, 5.41) is 8.85. The molecule has 0 saturated heterocycles. The van der Waals surface area contributed by atoms with Gasteiger partial charge in [-0.15, -0.1) is 0 Å². The fraction of sp³-hybridized carbons (Fsp3) is 0.235. The summed E-state index contributed by atoms with van der Waals surface area (Å²) in [5.74, 6) is -11.0. The lowest BCUT2D eigenvalue weighted by molar-refractivity contribution is -0.151. The molecule has 1 aromatic carbocycles. The van der Waals surface area contributed by atoms with Crippen molar-refractivity contribution in [1.29, 1.82) is 5.26 Å². The number of halogens is 3. The SMILES string of the molecule is CS(=O)(=O)C1=C2C(=O)C(F)(F)C(=O)C2C(Oc2cc(F)cc(C#N)c2)C=C1. The number of rotatable bonds is 3. The average Bonchev–Trinajstić information content (AvgIpc) is 2.75. The van der Waals surface area contributed by atoms with E-state index in [1.165, 1.54) is 0 Å². The Morgan fingerprint density at radius 1 is 1.22 bits per heavy atom. The molecule has 1 fully saturated rings. The molecule has 0 aliphatic heterocycles. The molecule has 1 saturated carbocycles. The largest absolute Gasteiger partial charge is 0.485 e. The van der Waals surface area contributed by atoms with E-state index in [9.17, 15) is 31.2 Å². The number of nitrogens with zero attached hydrogens (tertiary/aromatic N) is 1. The lowest BCUT2D eigenvalue weighted by Crippen LogP contribution is -2.36. The third-order valence-electron chi connectivity index (χ3n) is 4.14. The van der Waals surface area contributed by atoms with Crippen LogP contribution in [0.25, 0.3) is 0 Å². The third kappa shape index (κ3) is 3.04. The fourth-order valence-corrected chi connectivity index (χ4v) is 3.94. The first kappa shape index (κ1) is 18.8. The van der Waals surface area contributed by atoms with Crippen LogP contribution in [0.1, 0.15) is 5.56 Å². The second kappa shape index (κ2) is 6.06. The van der Waals surface area contributed by atoms with Gasteiger partial charge in [0.2, 0.25) is 11.6 Å². The Hall–Kier alpha value is -2.93. The molecule has 0 radical (unpaired) electrons. The van der Waals surface area contributed by atoms with Gasteiger partial charge < -0.3 is 4.74 Å². The van der Waals surface area contributed by atoms with E-state index in [1.54, 1.807) is 6.07 Å². The van der Waals surface area contributed by atoms with Crippen molar-refractivity contribution in [2.45, 2.75) is 12.0 Å². The number of carbonyl (C=O) groups is 2. The lowest BCUT2D eigenvalue weighted by atomic mass is 9.90. The number of hydrogen-bond acceptors (Lipinski definition) is 6. The van der Waals surface area contributed by atoms with Gasteiger partial charge in [-0.05, 0) is 24.3 Å². The van der Waals surface area contributed by atoms with Crippen molar-refractivity contribution in [2.75, 3.05) is 6.26 Å². The highest BCUT2D eigenvalue weighted by molar-refractivity contribution is 7.94. The van der Waals surface area contributed by atoms with E-state index in [1.807, 2.05) is 0 Å². The normalized spacial score (nSPS) is 24.0. The maximum atomic E-state index is 14.0. The number of benzene rings is 1. The topological polar surface area (TPSA) is 101 Å². The molecule has 0 spiro atoms. The summed E-state index contributed by atoms with van der Waals surface area (Å²) in [5.41, 5.74) is -0.964. The van der Waals surface area contributed by atoms with E-state index in [4.69, 9.17) is 10.00 Å². The molecule has 0 aromatic heterocycles. The quantitative estimate of drug-likeness (QED) is 0.720. The van der Waals surface area contributed by atoms with Crippen LogP contribution >= 0.6 is 0 Å². The van der Waals surface area contributed by atoms with E-state index in [0.717, 1.165) is 36.6 Å².